The lowest BCUT2D eigenvalue weighted by molar-refractivity contribution is 0.443. The molecule has 0 saturated heterocycles. The van der Waals surface area contributed by atoms with Crippen molar-refractivity contribution >= 4 is 17.3 Å². The SMILES string of the molecule is CC(C)(C)CNc1ccc(Cl)cc1C#N. The zero-order valence-electron chi connectivity index (χ0n) is 9.26. The highest BCUT2D eigenvalue weighted by Gasteiger charge is 2.10. The lowest BCUT2D eigenvalue weighted by atomic mass is 9.97. The number of nitrogens with one attached hydrogen (secondary N) is 1. The molecular formula is C12H15ClN2. The first-order valence-corrected chi connectivity index (χ1v) is 5.24. The van der Waals surface area contributed by atoms with Gasteiger partial charge >= 0.3 is 0 Å². The van der Waals surface area contributed by atoms with E-state index in [1.807, 2.05) is 6.07 Å². The Morgan fingerprint density at radius 2 is 2.07 bits per heavy atom. The summed E-state index contributed by atoms with van der Waals surface area (Å²) in [5.74, 6) is 0. The monoisotopic (exact) mass is 222 g/mol. The van der Waals surface area contributed by atoms with E-state index >= 15 is 0 Å². The molecule has 0 aromatic heterocycles. The Morgan fingerprint density at radius 1 is 1.40 bits per heavy atom. The fourth-order valence-electron chi connectivity index (χ4n) is 1.12. The Kier molecular flexibility index (Phi) is 3.60. The lowest BCUT2D eigenvalue weighted by Gasteiger charge is -2.20. The predicted octanol–water partition coefficient (Wildman–Crippen LogP) is 3.67. The molecule has 0 fully saturated rings. The fraction of sp³-hybridized carbons (Fsp3) is 0.417. The molecule has 2 nitrogen and oxygen atoms in total. The van der Waals surface area contributed by atoms with Gasteiger partial charge < -0.3 is 5.32 Å². The number of halogens is 1. The van der Waals surface area contributed by atoms with Crippen molar-refractivity contribution in [2.24, 2.45) is 5.41 Å². The molecule has 0 radical (unpaired) electrons. The molecule has 0 heterocycles. The van der Waals surface area contributed by atoms with E-state index in [1.54, 1.807) is 12.1 Å². The third kappa shape index (κ3) is 3.81. The molecule has 0 unspecified atom stereocenters. The molecule has 15 heavy (non-hydrogen) atoms. The van der Waals surface area contributed by atoms with Gasteiger partial charge in [-0.25, -0.2) is 0 Å². The van der Waals surface area contributed by atoms with Crippen LogP contribution in [0.2, 0.25) is 5.02 Å². The van der Waals surface area contributed by atoms with Crippen molar-refractivity contribution in [3.8, 4) is 6.07 Å². The van der Waals surface area contributed by atoms with Crippen LogP contribution in [0, 0.1) is 16.7 Å². The average Bonchev–Trinajstić information content (AvgIpc) is 2.14. The minimum atomic E-state index is 0.187. The number of nitriles is 1. The van der Waals surface area contributed by atoms with Crippen molar-refractivity contribution in [2.45, 2.75) is 20.8 Å². The first-order chi connectivity index (χ1) is 6.92. The lowest BCUT2D eigenvalue weighted by Crippen LogP contribution is -2.19. The Bertz CT molecular complexity index is 386. The van der Waals surface area contributed by atoms with Crippen molar-refractivity contribution < 1.29 is 0 Å². The summed E-state index contributed by atoms with van der Waals surface area (Å²) in [5.41, 5.74) is 1.62. The van der Waals surface area contributed by atoms with Crippen molar-refractivity contribution in [2.75, 3.05) is 11.9 Å². The first-order valence-electron chi connectivity index (χ1n) is 4.86. The molecule has 1 aromatic carbocycles. The second-order valence-corrected chi connectivity index (χ2v) is 5.15. The molecule has 1 aromatic rings. The van der Waals surface area contributed by atoms with Crippen molar-refractivity contribution in [3.05, 3.63) is 28.8 Å². The Morgan fingerprint density at radius 3 is 2.60 bits per heavy atom. The minimum absolute atomic E-state index is 0.187. The summed E-state index contributed by atoms with van der Waals surface area (Å²) in [6.45, 7) is 7.25. The summed E-state index contributed by atoms with van der Waals surface area (Å²) in [6.07, 6.45) is 0. The van der Waals surface area contributed by atoms with E-state index in [-0.39, 0.29) is 5.41 Å². The molecule has 1 rings (SSSR count). The minimum Gasteiger partial charge on any atom is -0.383 e. The van der Waals surface area contributed by atoms with Crippen LogP contribution in [-0.2, 0) is 0 Å². The molecule has 0 saturated carbocycles. The second kappa shape index (κ2) is 4.55. The van der Waals surface area contributed by atoms with Gasteiger partial charge in [-0.15, -0.1) is 0 Å². The van der Waals surface area contributed by atoms with Crippen LogP contribution in [0.4, 0.5) is 5.69 Å². The molecule has 1 N–H and O–H groups in total. The Labute approximate surface area is 95.9 Å². The van der Waals surface area contributed by atoms with E-state index in [0.29, 0.717) is 10.6 Å². The highest BCUT2D eigenvalue weighted by Crippen LogP contribution is 2.21. The van der Waals surface area contributed by atoms with Gasteiger partial charge in [-0.3, -0.25) is 0 Å². The van der Waals surface area contributed by atoms with Gasteiger partial charge in [0.2, 0.25) is 0 Å². The third-order valence-electron chi connectivity index (χ3n) is 1.91. The van der Waals surface area contributed by atoms with E-state index in [2.05, 4.69) is 32.2 Å². The van der Waals surface area contributed by atoms with Crippen LogP contribution in [0.25, 0.3) is 0 Å². The van der Waals surface area contributed by atoms with E-state index in [9.17, 15) is 0 Å². The number of hydrogen-bond donors (Lipinski definition) is 1. The summed E-state index contributed by atoms with van der Waals surface area (Å²) < 4.78 is 0. The highest BCUT2D eigenvalue weighted by atomic mass is 35.5. The van der Waals surface area contributed by atoms with Crippen molar-refractivity contribution in [1.29, 1.82) is 5.26 Å². The maximum Gasteiger partial charge on any atom is 0.101 e. The van der Waals surface area contributed by atoms with E-state index in [1.165, 1.54) is 0 Å². The molecule has 0 aliphatic rings. The van der Waals surface area contributed by atoms with Crippen molar-refractivity contribution in [3.63, 3.8) is 0 Å². The summed E-state index contributed by atoms with van der Waals surface area (Å²) in [5, 5.41) is 12.8. The van der Waals surface area contributed by atoms with E-state index in [4.69, 9.17) is 16.9 Å². The highest BCUT2D eigenvalue weighted by molar-refractivity contribution is 6.30. The fourth-order valence-corrected chi connectivity index (χ4v) is 1.30. The first kappa shape index (κ1) is 11.9. The number of nitrogens with zero attached hydrogens (tertiary/aromatic N) is 1. The molecule has 0 aliphatic heterocycles. The zero-order chi connectivity index (χ0) is 11.5. The van der Waals surface area contributed by atoms with Crippen LogP contribution in [0.5, 0.6) is 0 Å². The van der Waals surface area contributed by atoms with Gasteiger partial charge in [-0.2, -0.15) is 5.26 Å². The molecule has 0 amide bonds. The molecule has 0 spiro atoms. The number of rotatable bonds is 2. The molecule has 0 atom stereocenters. The standard InChI is InChI=1S/C12H15ClN2/c1-12(2,3)8-15-11-5-4-10(13)6-9(11)7-14/h4-6,15H,8H2,1-3H3. The van der Waals surface area contributed by atoms with Crippen LogP contribution in [0.1, 0.15) is 26.3 Å². The van der Waals surface area contributed by atoms with Gasteiger partial charge in [0.1, 0.15) is 6.07 Å². The van der Waals surface area contributed by atoms with Gasteiger partial charge in [0.15, 0.2) is 0 Å². The van der Waals surface area contributed by atoms with Crippen molar-refractivity contribution in [1.82, 2.24) is 0 Å². The molecule has 0 aliphatic carbocycles. The normalized spacial score (nSPS) is 10.9. The molecule has 80 valence electrons. The summed E-state index contributed by atoms with van der Waals surface area (Å²) >= 11 is 5.81. The van der Waals surface area contributed by atoms with Crippen LogP contribution in [-0.4, -0.2) is 6.54 Å². The molecular weight excluding hydrogens is 208 g/mol. The third-order valence-corrected chi connectivity index (χ3v) is 2.15. The van der Waals surface area contributed by atoms with Gasteiger partial charge in [0.25, 0.3) is 0 Å². The quantitative estimate of drug-likeness (QED) is 0.829. The largest absolute Gasteiger partial charge is 0.383 e. The molecule has 3 heteroatoms. The van der Waals surface area contributed by atoms with Gasteiger partial charge in [-0.05, 0) is 23.6 Å². The average molecular weight is 223 g/mol. The van der Waals surface area contributed by atoms with Gasteiger partial charge in [0, 0.05) is 11.6 Å². The maximum absolute atomic E-state index is 8.92. The van der Waals surface area contributed by atoms with Crippen LogP contribution in [0.15, 0.2) is 18.2 Å². The smallest absolute Gasteiger partial charge is 0.101 e. The summed E-state index contributed by atoms with van der Waals surface area (Å²) in [4.78, 5) is 0. The second-order valence-electron chi connectivity index (χ2n) is 4.72. The Balaban J connectivity index is 2.82. The van der Waals surface area contributed by atoms with E-state index in [0.717, 1.165) is 12.2 Å². The Hall–Kier alpha value is -1.20. The maximum atomic E-state index is 8.92. The summed E-state index contributed by atoms with van der Waals surface area (Å²) in [6, 6.07) is 7.42. The van der Waals surface area contributed by atoms with Crippen LogP contribution >= 0.6 is 11.6 Å². The number of hydrogen-bond acceptors (Lipinski definition) is 2. The van der Waals surface area contributed by atoms with Crippen LogP contribution in [0.3, 0.4) is 0 Å². The van der Waals surface area contributed by atoms with Crippen LogP contribution < -0.4 is 5.32 Å². The topological polar surface area (TPSA) is 35.8 Å². The predicted molar refractivity (Wildman–Crippen MR) is 64.1 cm³/mol. The van der Waals surface area contributed by atoms with Gasteiger partial charge in [-0.1, -0.05) is 32.4 Å². The van der Waals surface area contributed by atoms with E-state index < -0.39 is 0 Å². The number of benzene rings is 1. The molecule has 0 bridgehead atoms. The van der Waals surface area contributed by atoms with Gasteiger partial charge in [0.05, 0.1) is 11.3 Å². The number of anilines is 1. The summed E-state index contributed by atoms with van der Waals surface area (Å²) in [7, 11) is 0. The zero-order valence-corrected chi connectivity index (χ0v) is 10.0.